The van der Waals surface area contributed by atoms with E-state index in [0.717, 1.165) is 18.7 Å². The molecule has 1 amide bonds. The van der Waals surface area contributed by atoms with Crippen molar-refractivity contribution in [3.63, 3.8) is 0 Å². The molecule has 5 heteroatoms. The third-order valence-electron chi connectivity index (χ3n) is 3.08. The third-order valence-corrected chi connectivity index (χ3v) is 3.08. The molecule has 1 rings (SSSR count). The molecule has 0 saturated heterocycles. The Hall–Kier alpha value is -1.39. The van der Waals surface area contributed by atoms with Gasteiger partial charge in [-0.15, -0.1) is 5.10 Å². The second-order valence-electron chi connectivity index (χ2n) is 5.32. The van der Waals surface area contributed by atoms with Gasteiger partial charge in [-0.25, -0.2) is 4.98 Å². The summed E-state index contributed by atoms with van der Waals surface area (Å²) >= 11 is 0. The first-order chi connectivity index (χ1) is 8.43. The number of H-pyrrole nitrogens is 1. The van der Waals surface area contributed by atoms with Crippen molar-refractivity contribution in [3.8, 4) is 0 Å². The largest absolute Gasteiger partial charge is 0.347 e. The van der Waals surface area contributed by atoms with Crippen molar-refractivity contribution in [1.82, 2.24) is 20.5 Å². The summed E-state index contributed by atoms with van der Waals surface area (Å²) in [6, 6.07) is 0.147. The summed E-state index contributed by atoms with van der Waals surface area (Å²) in [5.41, 5.74) is 0. The Kier molecular flexibility index (Phi) is 5.31. The van der Waals surface area contributed by atoms with Gasteiger partial charge in [0.2, 0.25) is 5.82 Å². The van der Waals surface area contributed by atoms with Gasteiger partial charge >= 0.3 is 0 Å². The number of aromatic nitrogens is 3. The van der Waals surface area contributed by atoms with Crippen LogP contribution in [-0.4, -0.2) is 27.1 Å². The molecule has 0 aromatic carbocycles. The van der Waals surface area contributed by atoms with E-state index in [4.69, 9.17) is 0 Å². The lowest BCUT2D eigenvalue weighted by Gasteiger charge is -2.16. The minimum absolute atomic E-state index is 0.147. The minimum atomic E-state index is -0.200. The molecule has 0 spiro atoms. The van der Waals surface area contributed by atoms with Crippen molar-refractivity contribution >= 4 is 5.91 Å². The van der Waals surface area contributed by atoms with Crippen LogP contribution in [0.25, 0.3) is 0 Å². The molecule has 18 heavy (non-hydrogen) atoms. The first-order valence-corrected chi connectivity index (χ1v) is 6.67. The van der Waals surface area contributed by atoms with Crippen LogP contribution in [0.2, 0.25) is 0 Å². The Bertz CT molecular complexity index is 386. The Morgan fingerprint density at radius 1 is 1.33 bits per heavy atom. The van der Waals surface area contributed by atoms with E-state index in [2.05, 4.69) is 34.3 Å². The lowest BCUT2D eigenvalue weighted by atomic mass is 10.0. The van der Waals surface area contributed by atoms with E-state index in [0.29, 0.717) is 5.92 Å². The standard InChI is InChI=1S/C13H24N4O/c1-6-9(4)7-10(5)14-13(18)12-15-11(8(2)3)16-17-12/h8-10H,6-7H2,1-5H3,(H,14,18)(H,15,16,17). The minimum Gasteiger partial charge on any atom is -0.347 e. The van der Waals surface area contributed by atoms with Crippen molar-refractivity contribution in [2.24, 2.45) is 5.92 Å². The quantitative estimate of drug-likeness (QED) is 0.817. The number of rotatable bonds is 6. The molecule has 2 N–H and O–H groups in total. The number of carbonyl (C=O) groups excluding carboxylic acids is 1. The van der Waals surface area contributed by atoms with Crippen LogP contribution in [0.3, 0.4) is 0 Å². The number of hydrogen-bond donors (Lipinski definition) is 2. The molecule has 2 unspecified atom stereocenters. The average Bonchev–Trinajstić information content (AvgIpc) is 2.77. The first-order valence-electron chi connectivity index (χ1n) is 6.67. The van der Waals surface area contributed by atoms with Gasteiger partial charge in [-0.05, 0) is 19.3 Å². The van der Waals surface area contributed by atoms with Crippen molar-refractivity contribution in [3.05, 3.63) is 11.6 Å². The van der Waals surface area contributed by atoms with Gasteiger partial charge in [0.05, 0.1) is 0 Å². The molecule has 0 bridgehead atoms. The first kappa shape index (κ1) is 14.7. The van der Waals surface area contributed by atoms with Gasteiger partial charge in [-0.2, -0.15) is 0 Å². The maximum absolute atomic E-state index is 11.9. The van der Waals surface area contributed by atoms with Gasteiger partial charge < -0.3 is 5.32 Å². The van der Waals surface area contributed by atoms with E-state index in [1.54, 1.807) is 0 Å². The molecule has 2 atom stereocenters. The monoisotopic (exact) mass is 252 g/mol. The van der Waals surface area contributed by atoms with Gasteiger partial charge in [0.25, 0.3) is 5.91 Å². The molecule has 102 valence electrons. The zero-order valence-electron chi connectivity index (χ0n) is 11.9. The lowest BCUT2D eigenvalue weighted by Crippen LogP contribution is -2.34. The van der Waals surface area contributed by atoms with Crippen LogP contribution in [0, 0.1) is 5.92 Å². The highest BCUT2D eigenvalue weighted by molar-refractivity contribution is 5.90. The average molecular weight is 252 g/mol. The molecule has 0 aliphatic rings. The number of aromatic amines is 1. The Labute approximate surface area is 109 Å². The van der Waals surface area contributed by atoms with Crippen molar-refractivity contribution in [1.29, 1.82) is 0 Å². The maximum atomic E-state index is 11.9. The molecule has 0 radical (unpaired) electrons. The molecule has 0 saturated carbocycles. The van der Waals surface area contributed by atoms with Crippen LogP contribution in [0.1, 0.15) is 69.8 Å². The predicted molar refractivity (Wildman–Crippen MR) is 71.5 cm³/mol. The number of amides is 1. The second-order valence-corrected chi connectivity index (χ2v) is 5.32. The molecule has 0 aliphatic carbocycles. The lowest BCUT2D eigenvalue weighted by molar-refractivity contribution is 0.0925. The number of carbonyl (C=O) groups is 1. The van der Waals surface area contributed by atoms with Crippen molar-refractivity contribution in [2.75, 3.05) is 0 Å². The molecular weight excluding hydrogens is 228 g/mol. The smallest absolute Gasteiger partial charge is 0.291 e. The summed E-state index contributed by atoms with van der Waals surface area (Å²) in [5, 5.41) is 9.66. The van der Waals surface area contributed by atoms with Gasteiger partial charge in [-0.3, -0.25) is 9.89 Å². The summed E-state index contributed by atoms with van der Waals surface area (Å²) in [7, 11) is 0. The molecule has 1 heterocycles. The van der Waals surface area contributed by atoms with Gasteiger partial charge in [0.15, 0.2) is 0 Å². The second kappa shape index (κ2) is 6.52. The highest BCUT2D eigenvalue weighted by Crippen LogP contribution is 2.10. The van der Waals surface area contributed by atoms with Crippen LogP contribution in [0.5, 0.6) is 0 Å². The molecular formula is C13H24N4O. The Balaban J connectivity index is 2.54. The van der Waals surface area contributed by atoms with Crippen LogP contribution in [0.4, 0.5) is 0 Å². The van der Waals surface area contributed by atoms with E-state index in [1.165, 1.54) is 0 Å². The normalized spacial score (nSPS) is 14.6. The van der Waals surface area contributed by atoms with E-state index < -0.39 is 0 Å². The highest BCUT2D eigenvalue weighted by atomic mass is 16.2. The Morgan fingerprint density at radius 2 is 2.00 bits per heavy atom. The van der Waals surface area contributed by atoms with Crippen molar-refractivity contribution < 1.29 is 4.79 Å². The van der Waals surface area contributed by atoms with Gasteiger partial charge in [0.1, 0.15) is 5.82 Å². The van der Waals surface area contributed by atoms with Gasteiger partial charge in [0, 0.05) is 12.0 Å². The predicted octanol–water partition coefficient (Wildman–Crippen LogP) is 2.48. The number of hydrogen-bond acceptors (Lipinski definition) is 3. The topological polar surface area (TPSA) is 70.7 Å². The fourth-order valence-electron chi connectivity index (χ4n) is 1.75. The highest BCUT2D eigenvalue weighted by Gasteiger charge is 2.16. The molecule has 1 aromatic rings. The van der Waals surface area contributed by atoms with E-state index in [1.807, 2.05) is 20.8 Å². The van der Waals surface area contributed by atoms with Crippen molar-refractivity contribution in [2.45, 2.75) is 59.4 Å². The van der Waals surface area contributed by atoms with E-state index >= 15 is 0 Å². The molecule has 0 aliphatic heterocycles. The molecule has 1 aromatic heterocycles. The summed E-state index contributed by atoms with van der Waals surface area (Å²) in [6.45, 7) is 10.4. The Morgan fingerprint density at radius 3 is 2.50 bits per heavy atom. The third kappa shape index (κ3) is 4.13. The van der Waals surface area contributed by atoms with Crippen LogP contribution < -0.4 is 5.32 Å². The SMILES string of the molecule is CCC(C)CC(C)NC(=O)c1n[nH]c(C(C)C)n1. The van der Waals surface area contributed by atoms with E-state index in [9.17, 15) is 4.79 Å². The summed E-state index contributed by atoms with van der Waals surface area (Å²) in [6.07, 6.45) is 2.10. The van der Waals surface area contributed by atoms with Crippen LogP contribution in [0.15, 0.2) is 0 Å². The molecule has 5 nitrogen and oxygen atoms in total. The summed E-state index contributed by atoms with van der Waals surface area (Å²) in [5.74, 6) is 1.63. The zero-order valence-corrected chi connectivity index (χ0v) is 11.9. The summed E-state index contributed by atoms with van der Waals surface area (Å²) in [4.78, 5) is 16.1. The summed E-state index contributed by atoms with van der Waals surface area (Å²) < 4.78 is 0. The maximum Gasteiger partial charge on any atom is 0.291 e. The fraction of sp³-hybridized carbons (Fsp3) is 0.769. The van der Waals surface area contributed by atoms with Crippen LogP contribution in [-0.2, 0) is 0 Å². The number of nitrogens with zero attached hydrogens (tertiary/aromatic N) is 2. The van der Waals surface area contributed by atoms with E-state index in [-0.39, 0.29) is 23.7 Å². The number of nitrogens with one attached hydrogen (secondary N) is 2. The fourth-order valence-corrected chi connectivity index (χ4v) is 1.75. The van der Waals surface area contributed by atoms with Crippen LogP contribution >= 0.6 is 0 Å². The van der Waals surface area contributed by atoms with Gasteiger partial charge in [-0.1, -0.05) is 34.1 Å². The zero-order chi connectivity index (χ0) is 13.7. The molecule has 0 fully saturated rings.